The maximum Gasteiger partial charge on any atom is 0.269 e. The van der Waals surface area contributed by atoms with E-state index in [1.807, 2.05) is 29.2 Å². The minimum atomic E-state index is -0.398. The van der Waals surface area contributed by atoms with Crippen LogP contribution in [0.15, 0.2) is 48.5 Å². The lowest BCUT2D eigenvalue weighted by Crippen LogP contribution is -2.32. The first-order chi connectivity index (χ1) is 12.1. The van der Waals surface area contributed by atoms with Crippen molar-refractivity contribution < 1.29 is 4.92 Å². The van der Waals surface area contributed by atoms with Crippen LogP contribution >= 0.6 is 23.8 Å². The third-order valence-electron chi connectivity index (χ3n) is 4.53. The Bertz CT molecular complexity index is 828. The number of anilines is 1. The molecule has 2 saturated heterocycles. The normalized spacial score (nSPS) is 20.2. The maximum atomic E-state index is 10.9. The SMILES string of the molecule is O=[N+]([O-])c1ccc(N2C(=S)N3CCCN3[C@@H]2c2ccc(Cl)cc2)cc1. The molecule has 2 aliphatic heterocycles. The number of hydrogen-bond acceptors (Lipinski definition) is 4. The van der Waals surface area contributed by atoms with Gasteiger partial charge in [0.05, 0.1) is 4.92 Å². The number of benzene rings is 2. The van der Waals surface area contributed by atoms with Gasteiger partial charge in [-0.05, 0) is 48.5 Å². The number of rotatable bonds is 3. The van der Waals surface area contributed by atoms with Gasteiger partial charge >= 0.3 is 0 Å². The van der Waals surface area contributed by atoms with Gasteiger partial charge in [-0.15, -0.1) is 0 Å². The Morgan fingerprint density at radius 3 is 2.40 bits per heavy atom. The lowest BCUT2D eigenvalue weighted by atomic mass is 10.1. The van der Waals surface area contributed by atoms with E-state index >= 15 is 0 Å². The fourth-order valence-corrected chi connectivity index (χ4v) is 3.92. The average Bonchev–Trinajstić information content (AvgIpc) is 3.18. The number of non-ortho nitro benzene ring substituents is 1. The molecular weight excluding hydrogens is 360 g/mol. The molecule has 0 aliphatic carbocycles. The van der Waals surface area contributed by atoms with Crippen molar-refractivity contribution in [1.82, 2.24) is 10.0 Å². The van der Waals surface area contributed by atoms with Gasteiger partial charge in [0, 0.05) is 35.9 Å². The monoisotopic (exact) mass is 374 g/mol. The topological polar surface area (TPSA) is 52.9 Å². The van der Waals surface area contributed by atoms with Gasteiger partial charge in [-0.3, -0.25) is 20.0 Å². The number of thiocarbonyl (C=S) groups is 1. The fourth-order valence-electron chi connectivity index (χ4n) is 3.40. The number of nitro benzene ring substituents is 1. The Hall–Kier alpha value is -2.22. The van der Waals surface area contributed by atoms with Crippen LogP contribution < -0.4 is 4.90 Å². The molecule has 6 nitrogen and oxygen atoms in total. The molecule has 2 aliphatic rings. The maximum absolute atomic E-state index is 10.9. The van der Waals surface area contributed by atoms with E-state index in [1.165, 1.54) is 12.1 Å². The summed E-state index contributed by atoms with van der Waals surface area (Å²) >= 11 is 11.7. The van der Waals surface area contributed by atoms with Gasteiger partial charge in [0.15, 0.2) is 5.11 Å². The van der Waals surface area contributed by atoms with Gasteiger partial charge in [-0.2, -0.15) is 5.01 Å². The van der Waals surface area contributed by atoms with Crippen LogP contribution in [0.1, 0.15) is 18.2 Å². The van der Waals surface area contributed by atoms with Gasteiger partial charge < -0.3 is 0 Å². The molecular formula is C17H15ClN4O2S. The van der Waals surface area contributed by atoms with Crippen molar-refractivity contribution in [3.05, 3.63) is 69.2 Å². The minimum Gasteiger partial charge on any atom is -0.296 e. The second kappa shape index (κ2) is 6.25. The third kappa shape index (κ3) is 2.74. The second-order valence-electron chi connectivity index (χ2n) is 5.99. The lowest BCUT2D eigenvalue weighted by molar-refractivity contribution is -0.384. The summed E-state index contributed by atoms with van der Waals surface area (Å²) in [5.74, 6) is 0. The van der Waals surface area contributed by atoms with Crippen molar-refractivity contribution in [3.63, 3.8) is 0 Å². The zero-order chi connectivity index (χ0) is 17.6. The van der Waals surface area contributed by atoms with Gasteiger partial charge in [-0.1, -0.05) is 23.7 Å². The van der Waals surface area contributed by atoms with Crippen LogP contribution in [0, 0.1) is 10.1 Å². The van der Waals surface area contributed by atoms with E-state index in [-0.39, 0.29) is 11.9 Å². The summed E-state index contributed by atoms with van der Waals surface area (Å²) in [4.78, 5) is 12.6. The summed E-state index contributed by atoms with van der Waals surface area (Å²) < 4.78 is 0. The Morgan fingerprint density at radius 2 is 1.76 bits per heavy atom. The Balaban J connectivity index is 1.76. The van der Waals surface area contributed by atoms with Crippen molar-refractivity contribution in [1.29, 1.82) is 0 Å². The van der Waals surface area contributed by atoms with Crippen LogP contribution in [0.3, 0.4) is 0 Å². The highest BCUT2D eigenvalue weighted by molar-refractivity contribution is 7.80. The van der Waals surface area contributed by atoms with E-state index in [0.717, 1.165) is 30.8 Å². The molecule has 25 heavy (non-hydrogen) atoms. The fraction of sp³-hybridized carbons (Fsp3) is 0.235. The highest BCUT2D eigenvalue weighted by Gasteiger charge is 2.45. The first-order valence-corrected chi connectivity index (χ1v) is 8.72. The largest absolute Gasteiger partial charge is 0.296 e. The molecule has 0 spiro atoms. The molecule has 8 heteroatoms. The molecule has 0 N–H and O–H groups in total. The van der Waals surface area contributed by atoms with Crippen LogP contribution in [0.2, 0.25) is 5.02 Å². The molecule has 0 saturated carbocycles. The second-order valence-corrected chi connectivity index (χ2v) is 6.79. The molecule has 128 valence electrons. The number of halogens is 1. The van der Waals surface area contributed by atoms with Gasteiger partial charge in [0.2, 0.25) is 0 Å². The van der Waals surface area contributed by atoms with E-state index < -0.39 is 4.92 Å². The average molecular weight is 375 g/mol. The van der Waals surface area contributed by atoms with E-state index in [4.69, 9.17) is 23.8 Å². The highest BCUT2D eigenvalue weighted by Crippen LogP contribution is 2.41. The summed E-state index contributed by atoms with van der Waals surface area (Å²) in [6.07, 6.45) is 0.979. The summed E-state index contributed by atoms with van der Waals surface area (Å²) in [6.45, 7) is 1.79. The number of fused-ring (bicyclic) bond motifs is 1. The minimum absolute atomic E-state index is 0.0673. The van der Waals surface area contributed by atoms with E-state index in [9.17, 15) is 10.1 Å². The van der Waals surface area contributed by atoms with Crippen LogP contribution in [0.5, 0.6) is 0 Å². The predicted octanol–water partition coefficient (Wildman–Crippen LogP) is 3.97. The molecule has 2 fully saturated rings. The molecule has 2 heterocycles. The molecule has 1 atom stereocenters. The first-order valence-electron chi connectivity index (χ1n) is 7.93. The summed E-state index contributed by atoms with van der Waals surface area (Å²) in [5.41, 5.74) is 1.98. The Labute approximate surface area is 155 Å². The molecule has 0 amide bonds. The van der Waals surface area contributed by atoms with E-state index in [2.05, 4.69) is 10.0 Å². The molecule has 2 aromatic carbocycles. The first kappa shape index (κ1) is 16.3. The van der Waals surface area contributed by atoms with Crippen molar-refractivity contribution in [3.8, 4) is 0 Å². The van der Waals surface area contributed by atoms with Crippen LogP contribution in [0.25, 0.3) is 0 Å². The molecule has 4 rings (SSSR count). The number of nitro groups is 1. The highest BCUT2D eigenvalue weighted by atomic mass is 35.5. The smallest absolute Gasteiger partial charge is 0.269 e. The molecule has 0 radical (unpaired) electrons. The molecule has 0 unspecified atom stereocenters. The van der Waals surface area contributed by atoms with Crippen LogP contribution in [-0.4, -0.2) is 33.1 Å². The standard InChI is InChI=1S/C17H15ClN4O2S/c18-13-4-2-12(3-5-13)16-19-10-1-11-20(19)17(25)21(16)14-6-8-15(9-7-14)22(23)24/h2-9,16H,1,10-11H2/t16-/m0/s1. The summed E-state index contributed by atoms with van der Waals surface area (Å²) in [5, 5.41) is 16.7. The summed E-state index contributed by atoms with van der Waals surface area (Å²) in [7, 11) is 0. The summed E-state index contributed by atoms with van der Waals surface area (Å²) in [6, 6.07) is 14.2. The molecule has 0 aromatic heterocycles. The Morgan fingerprint density at radius 1 is 1.08 bits per heavy atom. The van der Waals surface area contributed by atoms with Crippen LogP contribution in [0.4, 0.5) is 11.4 Å². The van der Waals surface area contributed by atoms with Crippen molar-refractivity contribution >= 4 is 40.3 Å². The third-order valence-corrected chi connectivity index (χ3v) is 5.19. The number of hydrogen-bond donors (Lipinski definition) is 0. The molecule has 2 aromatic rings. The van der Waals surface area contributed by atoms with Gasteiger partial charge in [0.25, 0.3) is 5.69 Å². The van der Waals surface area contributed by atoms with E-state index in [0.29, 0.717) is 10.1 Å². The van der Waals surface area contributed by atoms with Gasteiger partial charge in [0.1, 0.15) is 6.17 Å². The number of nitrogens with zero attached hydrogens (tertiary/aromatic N) is 4. The zero-order valence-electron chi connectivity index (χ0n) is 13.2. The zero-order valence-corrected chi connectivity index (χ0v) is 14.8. The van der Waals surface area contributed by atoms with E-state index in [1.54, 1.807) is 12.1 Å². The van der Waals surface area contributed by atoms with Crippen molar-refractivity contribution in [2.75, 3.05) is 18.0 Å². The van der Waals surface area contributed by atoms with Gasteiger partial charge in [-0.25, -0.2) is 0 Å². The Kier molecular flexibility index (Phi) is 4.07. The lowest BCUT2D eigenvalue weighted by Gasteiger charge is -2.28. The quantitative estimate of drug-likeness (QED) is 0.460. The van der Waals surface area contributed by atoms with Crippen molar-refractivity contribution in [2.45, 2.75) is 12.6 Å². The predicted molar refractivity (Wildman–Crippen MR) is 100 cm³/mol. The number of hydrazine groups is 1. The molecule has 0 bridgehead atoms. The van der Waals surface area contributed by atoms with Crippen molar-refractivity contribution in [2.24, 2.45) is 0 Å². The van der Waals surface area contributed by atoms with Crippen LogP contribution in [-0.2, 0) is 0 Å².